The van der Waals surface area contributed by atoms with Crippen molar-refractivity contribution in [2.24, 2.45) is 5.92 Å². The van der Waals surface area contributed by atoms with Crippen LogP contribution >= 0.6 is 11.6 Å². The second-order valence-corrected chi connectivity index (χ2v) is 6.35. The van der Waals surface area contributed by atoms with Gasteiger partial charge in [0.25, 0.3) is 5.91 Å². The summed E-state index contributed by atoms with van der Waals surface area (Å²) >= 11 is 5.98. The SMILES string of the molecule is Cc1cc(=O)c(C(=O)NCC(O)C(C)C)nn1-c1cccc(Cl)c1. The summed E-state index contributed by atoms with van der Waals surface area (Å²) in [6.45, 7) is 5.46. The maximum absolute atomic E-state index is 12.2. The topological polar surface area (TPSA) is 84.2 Å². The molecule has 128 valence electrons. The van der Waals surface area contributed by atoms with E-state index in [1.165, 1.54) is 10.7 Å². The predicted octanol–water partition coefficient (Wildman–Crippen LogP) is 1.94. The summed E-state index contributed by atoms with van der Waals surface area (Å²) in [5, 5.41) is 17.0. The Morgan fingerprint density at radius 1 is 1.38 bits per heavy atom. The van der Waals surface area contributed by atoms with Crippen molar-refractivity contribution in [3.8, 4) is 5.69 Å². The molecular weight excluding hydrogens is 330 g/mol. The predicted molar refractivity (Wildman–Crippen MR) is 92.8 cm³/mol. The fourth-order valence-corrected chi connectivity index (χ4v) is 2.28. The van der Waals surface area contributed by atoms with Gasteiger partial charge in [0.2, 0.25) is 5.43 Å². The van der Waals surface area contributed by atoms with E-state index >= 15 is 0 Å². The van der Waals surface area contributed by atoms with E-state index in [9.17, 15) is 14.7 Å². The third kappa shape index (κ3) is 4.21. The van der Waals surface area contributed by atoms with Crippen LogP contribution in [0.1, 0.15) is 30.0 Å². The number of benzene rings is 1. The molecule has 2 rings (SSSR count). The fraction of sp³-hybridized carbons (Fsp3) is 0.353. The van der Waals surface area contributed by atoms with Crippen LogP contribution in [-0.4, -0.2) is 33.4 Å². The average molecular weight is 350 g/mol. The second-order valence-electron chi connectivity index (χ2n) is 5.91. The van der Waals surface area contributed by atoms with Gasteiger partial charge in [-0.2, -0.15) is 5.10 Å². The van der Waals surface area contributed by atoms with E-state index in [2.05, 4.69) is 10.4 Å². The van der Waals surface area contributed by atoms with E-state index in [0.717, 1.165) is 0 Å². The molecule has 0 fully saturated rings. The van der Waals surface area contributed by atoms with Crippen LogP contribution in [0.25, 0.3) is 5.69 Å². The molecule has 24 heavy (non-hydrogen) atoms. The first-order chi connectivity index (χ1) is 11.3. The van der Waals surface area contributed by atoms with Gasteiger partial charge in [0.15, 0.2) is 5.69 Å². The maximum atomic E-state index is 12.2. The number of amides is 1. The Morgan fingerprint density at radius 2 is 2.08 bits per heavy atom. The first-order valence-corrected chi connectivity index (χ1v) is 8.00. The summed E-state index contributed by atoms with van der Waals surface area (Å²) in [5.41, 5.74) is 0.538. The smallest absolute Gasteiger partial charge is 0.275 e. The van der Waals surface area contributed by atoms with E-state index in [1.54, 1.807) is 31.2 Å². The lowest BCUT2D eigenvalue weighted by Gasteiger charge is -2.15. The largest absolute Gasteiger partial charge is 0.391 e. The monoisotopic (exact) mass is 349 g/mol. The molecule has 0 saturated heterocycles. The molecule has 0 spiro atoms. The number of hydrogen-bond acceptors (Lipinski definition) is 4. The van der Waals surface area contributed by atoms with Crippen LogP contribution in [0.4, 0.5) is 0 Å². The van der Waals surface area contributed by atoms with Gasteiger partial charge in [-0.25, -0.2) is 4.68 Å². The zero-order valence-electron chi connectivity index (χ0n) is 13.8. The molecule has 1 aromatic heterocycles. The van der Waals surface area contributed by atoms with E-state index in [0.29, 0.717) is 16.4 Å². The number of aliphatic hydroxyl groups is 1. The first kappa shape index (κ1) is 18.2. The van der Waals surface area contributed by atoms with Gasteiger partial charge >= 0.3 is 0 Å². The van der Waals surface area contributed by atoms with Crippen LogP contribution in [0.2, 0.25) is 5.02 Å². The number of carbonyl (C=O) groups is 1. The quantitative estimate of drug-likeness (QED) is 0.864. The lowest BCUT2D eigenvalue weighted by atomic mass is 10.1. The molecule has 1 amide bonds. The number of aliphatic hydroxyl groups excluding tert-OH is 1. The molecule has 0 saturated carbocycles. The molecule has 0 radical (unpaired) electrons. The highest BCUT2D eigenvalue weighted by Gasteiger charge is 2.17. The van der Waals surface area contributed by atoms with E-state index in [1.807, 2.05) is 13.8 Å². The Kier molecular flexibility index (Phi) is 5.75. The Hall–Kier alpha value is -2.18. The normalized spacial score (nSPS) is 12.2. The van der Waals surface area contributed by atoms with Gasteiger partial charge in [-0.1, -0.05) is 31.5 Å². The van der Waals surface area contributed by atoms with Crippen molar-refractivity contribution in [2.75, 3.05) is 6.54 Å². The summed E-state index contributed by atoms with van der Waals surface area (Å²) in [7, 11) is 0. The van der Waals surface area contributed by atoms with Gasteiger partial charge in [-0.15, -0.1) is 0 Å². The van der Waals surface area contributed by atoms with Gasteiger partial charge in [-0.05, 0) is 31.0 Å². The number of nitrogens with zero attached hydrogens (tertiary/aromatic N) is 2. The molecule has 0 aliphatic heterocycles. The van der Waals surface area contributed by atoms with Crippen LogP contribution in [0.15, 0.2) is 35.1 Å². The number of nitrogens with one attached hydrogen (secondary N) is 1. The minimum Gasteiger partial charge on any atom is -0.391 e. The Bertz CT molecular complexity index is 802. The Morgan fingerprint density at radius 3 is 2.71 bits per heavy atom. The standard InChI is InChI=1S/C17H20ClN3O3/c1-10(2)15(23)9-19-17(24)16-14(22)7-11(3)21(20-16)13-6-4-5-12(18)8-13/h4-8,10,15,23H,9H2,1-3H3,(H,19,24). The molecule has 1 unspecified atom stereocenters. The molecule has 1 heterocycles. The van der Waals surface area contributed by atoms with Gasteiger partial charge in [0.1, 0.15) is 0 Å². The zero-order chi connectivity index (χ0) is 17.9. The fourth-order valence-electron chi connectivity index (χ4n) is 2.09. The lowest BCUT2D eigenvalue weighted by Crippen LogP contribution is -2.38. The van der Waals surface area contributed by atoms with Gasteiger partial charge in [-0.3, -0.25) is 9.59 Å². The average Bonchev–Trinajstić information content (AvgIpc) is 2.52. The van der Waals surface area contributed by atoms with Crippen LogP contribution in [-0.2, 0) is 0 Å². The summed E-state index contributed by atoms with van der Waals surface area (Å²) in [5.74, 6) is -0.616. The van der Waals surface area contributed by atoms with Crippen molar-refractivity contribution < 1.29 is 9.90 Å². The molecule has 1 atom stereocenters. The van der Waals surface area contributed by atoms with E-state index in [4.69, 9.17) is 11.6 Å². The summed E-state index contributed by atoms with van der Waals surface area (Å²) in [4.78, 5) is 24.3. The highest BCUT2D eigenvalue weighted by molar-refractivity contribution is 6.30. The molecule has 0 aliphatic carbocycles. The number of rotatable bonds is 5. The number of carbonyl (C=O) groups excluding carboxylic acids is 1. The molecule has 1 aromatic carbocycles. The number of halogens is 1. The molecule has 2 N–H and O–H groups in total. The molecular formula is C17H20ClN3O3. The van der Waals surface area contributed by atoms with Crippen molar-refractivity contribution in [1.29, 1.82) is 0 Å². The molecule has 0 aliphatic rings. The zero-order valence-corrected chi connectivity index (χ0v) is 14.5. The number of aryl methyl sites for hydroxylation is 1. The molecule has 2 aromatic rings. The van der Waals surface area contributed by atoms with Crippen LogP contribution in [0.3, 0.4) is 0 Å². The van der Waals surface area contributed by atoms with Crippen molar-refractivity contribution in [1.82, 2.24) is 15.1 Å². The van der Waals surface area contributed by atoms with Crippen LogP contribution < -0.4 is 10.7 Å². The van der Waals surface area contributed by atoms with Gasteiger partial charge in [0, 0.05) is 23.3 Å². The molecule has 0 bridgehead atoms. The van der Waals surface area contributed by atoms with Crippen molar-refractivity contribution in [2.45, 2.75) is 26.9 Å². The lowest BCUT2D eigenvalue weighted by molar-refractivity contribution is 0.0864. The minimum absolute atomic E-state index is 0.000560. The minimum atomic E-state index is -0.686. The Balaban J connectivity index is 2.33. The molecule has 7 heteroatoms. The summed E-state index contributed by atoms with van der Waals surface area (Å²) < 4.78 is 1.49. The molecule has 6 nitrogen and oxygen atoms in total. The first-order valence-electron chi connectivity index (χ1n) is 7.62. The maximum Gasteiger partial charge on any atom is 0.275 e. The third-order valence-corrected chi connectivity index (χ3v) is 3.85. The van der Waals surface area contributed by atoms with Crippen LogP contribution in [0.5, 0.6) is 0 Å². The summed E-state index contributed by atoms with van der Waals surface area (Å²) in [6.07, 6.45) is -0.686. The second kappa shape index (κ2) is 7.59. The van der Waals surface area contributed by atoms with Gasteiger partial charge < -0.3 is 10.4 Å². The van der Waals surface area contributed by atoms with Gasteiger partial charge in [0.05, 0.1) is 11.8 Å². The third-order valence-electron chi connectivity index (χ3n) is 3.62. The van der Waals surface area contributed by atoms with E-state index in [-0.39, 0.29) is 18.2 Å². The van der Waals surface area contributed by atoms with Crippen molar-refractivity contribution >= 4 is 17.5 Å². The van der Waals surface area contributed by atoms with Crippen molar-refractivity contribution in [3.05, 3.63) is 57.0 Å². The van der Waals surface area contributed by atoms with Crippen LogP contribution in [0, 0.1) is 12.8 Å². The van der Waals surface area contributed by atoms with E-state index < -0.39 is 17.4 Å². The number of hydrogen-bond donors (Lipinski definition) is 2. The Labute approximate surface area is 145 Å². The highest BCUT2D eigenvalue weighted by atomic mass is 35.5. The number of aromatic nitrogens is 2. The highest BCUT2D eigenvalue weighted by Crippen LogP contribution is 2.15. The van der Waals surface area contributed by atoms with Crippen molar-refractivity contribution in [3.63, 3.8) is 0 Å². The summed E-state index contributed by atoms with van der Waals surface area (Å²) in [6, 6.07) is 8.30.